The van der Waals surface area contributed by atoms with Gasteiger partial charge in [-0.15, -0.1) is 11.8 Å². The quantitative estimate of drug-likeness (QED) is 0.371. The predicted molar refractivity (Wildman–Crippen MR) is 132 cm³/mol. The standard InChI is InChI=1S/C27H31NO2S/c1-4-5-6-7-8-17-31-25-19-27(2,3)23-18-21(13-16-24(23)28-25)10-9-20-11-14-22(15-12-20)26(29)30/h11-16,18H,4-8,17,19H2,1-3H3,(H,29,30). The highest BCUT2D eigenvalue weighted by molar-refractivity contribution is 8.13. The Morgan fingerprint density at radius 3 is 2.42 bits per heavy atom. The molecule has 0 saturated heterocycles. The first-order valence-electron chi connectivity index (χ1n) is 11.1. The number of carbonyl (C=O) groups is 1. The number of carboxylic acids is 1. The summed E-state index contributed by atoms with van der Waals surface area (Å²) in [5.41, 5.74) is 4.36. The fraction of sp³-hybridized carbons (Fsp3) is 0.407. The molecule has 1 N–H and O–H groups in total. The molecule has 0 aliphatic carbocycles. The van der Waals surface area contributed by atoms with Crippen molar-refractivity contribution in [2.45, 2.75) is 64.7 Å². The number of aromatic carboxylic acids is 1. The Kier molecular flexibility index (Phi) is 7.98. The minimum atomic E-state index is -0.925. The summed E-state index contributed by atoms with van der Waals surface area (Å²) in [6.07, 6.45) is 7.51. The second kappa shape index (κ2) is 10.7. The molecule has 2 aromatic rings. The zero-order chi connectivity index (χ0) is 22.3. The molecule has 4 heteroatoms. The first-order valence-corrected chi connectivity index (χ1v) is 12.1. The molecular weight excluding hydrogens is 402 g/mol. The van der Waals surface area contributed by atoms with E-state index >= 15 is 0 Å². The number of nitrogens with zero attached hydrogens (tertiary/aromatic N) is 1. The zero-order valence-corrected chi connectivity index (χ0v) is 19.5. The van der Waals surface area contributed by atoms with E-state index in [1.165, 1.54) is 42.7 Å². The Hall–Kier alpha value is -2.51. The van der Waals surface area contributed by atoms with Gasteiger partial charge in [0.25, 0.3) is 0 Å². The van der Waals surface area contributed by atoms with Crippen molar-refractivity contribution in [3.05, 3.63) is 64.7 Å². The molecule has 0 fully saturated rings. The molecule has 3 rings (SSSR count). The van der Waals surface area contributed by atoms with Crippen LogP contribution in [0.25, 0.3) is 0 Å². The van der Waals surface area contributed by atoms with Crippen LogP contribution in [0, 0.1) is 11.8 Å². The van der Waals surface area contributed by atoms with Crippen molar-refractivity contribution < 1.29 is 9.90 Å². The minimum Gasteiger partial charge on any atom is -0.478 e. The zero-order valence-electron chi connectivity index (χ0n) is 18.7. The van der Waals surface area contributed by atoms with E-state index in [2.05, 4.69) is 44.7 Å². The third-order valence-electron chi connectivity index (χ3n) is 5.56. The average Bonchev–Trinajstić information content (AvgIpc) is 2.75. The summed E-state index contributed by atoms with van der Waals surface area (Å²) in [5.74, 6) is 6.58. The highest BCUT2D eigenvalue weighted by Gasteiger charge is 2.30. The first-order chi connectivity index (χ1) is 14.9. The molecule has 0 amide bonds. The maximum Gasteiger partial charge on any atom is 0.335 e. The molecule has 3 nitrogen and oxygen atoms in total. The van der Waals surface area contributed by atoms with Crippen LogP contribution in [0.4, 0.5) is 5.69 Å². The number of hydrogen-bond acceptors (Lipinski definition) is 3. The highest BCUT2D eigenvalue weighted by Crippen LogP contribution is 2.41. The van der Waals surface area contributed by atoms with Crippen molar-refractivity contribution in [3.8, 4) is 11.8 Å². The van der Waals surface area contributed by atoms with E-state index in [-0.39, 0.29) is 11.0 Å². The van der Waals surface area contributed by atoms with Gasteiger partial charge >= 0.3 is 5.97 Å². The summed E-state index contributed by atoms with van der Waals surface area (Å²) in [6.45, 7) is 6.81. The van der Waals surface area contributed by atoms with Crippen LogP contribution < -0.4 is 0 Å². The number of hydrogen-bond donors (Lipinski definition) is 1. The molecule has 0 aromatic heterocycles. The van der Waals surface area contributed by atoms with Crippen molar-refractivity contribution in [1.29, 1.82) is 0 Å². The SMILES string of the molecule is CCCCCCCSC1=Nc2ccc(C#Cc3ccc(C(=O)O)cc3)cc2C(C)(C)C1. The number of thioether (sulfide) groups is 1. The van der Waals surface area contributed by atoms with E-state index in [0.29, 0.717) is 0 Å². The third kappa shape index (κ3) is 6.48. The van der Waals surface area contributed by atoms with Crippen molar-refractivity contribution in [3.63, 3.8) is 0 Å². The summed E-state index contributed by atoms with van der Waals surface area (Å²) in [6, 6.07) is 12.9. The Labute approximate surface area is 190 Å². The average molecular weight is 434 g/mol. The second-order valence-electron chi connectivity index (χ2n) is 8.69. The first kappa shape index (κ1) is 23.2. The van der Waals surface area contributed by atoms with Gasteiger partial charge in [0.05, 0.1) is 16.3 Å². The van der Waals surface area contributed by atoms with Crippen molar-refractivity contribution in [2.75, 3.05) is 5.75 Å². The lowest BCUT2D eigenvalue weighted by atomic mass is 9.79. The molecule has 0 unspecified atom stereocenters. The lowest BCUT2D eigenvalue weighted by Gasteiger charge is -2.31. The van der Waals surface area contributed by atoms with Crippen LogP contribution in [-0.4, -0.2) is 21.9 Å². The van der Waals surface area contributed by atoms with E-state index in [0.717, 1.165) is 29.0 Å². The van der Waals surface area contributed by atoms with Crippen LogP contribution in [0.5, 0.6) is 0 Å². The van der Waals surface area contributed by atoms with E-state index in [9.17, 15) is 4.79 Å². The van der Waals surface area contributed by atoms with Crippen molar-refractivity contribution in [1.82, 2.24) is 0 Å². The molecule has 0 bridgehead atoms. The summed E-state index contributed by atoms with van der Waals surface area (Å²) in [4.78, 5) is 15.9. The van der Waals surface area contributed by atoms with Crippen LogP contribution in [0.3, 0.4) is 0 Å². The smallest absolute Gasteiger partial charge is 0.335 e. The van der Waals surface area contributed by atoms with Crippen LogP contribution >= 0.6 is 11.8 Å². The molecule has 1 aliphatic rings. The van der Waals surface area contributed by atoms with Gasteiger partial charge in [0.15, 0.2) is 0 Å². The van der Waals surface area contributed by atoms with Gasteiger partial charge in [0.2, 0.25) is 0 Å². The molecule has 0 radical (unpaired) electrons. The summed E-state index contributed by atoms with van der Waals surface area (Å²) in [5, 5.41) is 10.2. The third-order valence-corrected chi connectivity index (χ3v) is 6.63. The number of aliphatic imine (C=N–C) groups is 1. The maximum atomic E-state index is 11.0. The number of fused-ring (bicyclic) bond motifs is 1. The maximum absolute atomic E-state index is 11.0. The molecule has 31 heavy (non-hydrogen) atoms. The largest absolute Gasteiger partial charge is 0.478 e. The highest BCUT2D eigenvalue weighted by atomic mass is 32.2. The fourth-order valence-corrected chi connectivity index (χ4v) is 4.93. The van der Waals surface area contributed by atoms with E-state index in [1.54, 1.807) is 24.3 Å². The van der Waals surface area contributed by atoms with Gasteiger partial charge in [0, 0.05) is 17.5 Å². The topological polar surface area (TPSA) is 49.7 Å². The predicted octanol–water partition coefficient (Wildman–Crippen LogP) is 7.20. The summed E-state index contributed by atoms with van der Waals surface area (Å²) >= 11 is 1.92. The fourth-order valence-electron chi connectivity index (χ4n) is 3.72. The monoisotopic (exact) mass is 433 g/mol. The van der Waals surface area contributed by atoms with Crippen LogP contribution in [0.2, 0.25) is 0 Å². The Balaban J connectivity index is 1.70. The Morgan fingerprint density at radius 1 is 1.03 bits per heavy atom. The van der Waals surface area contributed by atoms with Gasteiger partial charge in [-0.1, -0.05) is 58.3 Å². The number of unbranched alkanes of at least 4 members (excludes halogenated alkanes) is 4. The number of carboxylic acid groups (broad SMARTS) is 1. The number of rotatable bonds is 7. The molecule has 0 spiro atoms. The van der Waals surface area contributed by atoms with Crippen LogP contribution in [0.15, 0.2) is 47.5 Å². The van der Waals surface area contributed by atoms with E-state index in [1.807, 2.05) is 17.8 Å². The summed E-state index contributed by atoms with van der Waals surface area (Å²) in [7, 11) is 0. The molecule has 162 valence electrons. The second-order valence-corrected chi connectivity index (χ2v) is 9.86. The van der Waals surface area contributed by atoms with Crippen LogP contribution in [-0.2, 0) is 5.41 Å². The lowest BCUT2D eigenvalue weighted by molar-refractivity contribution is 0.0697. The van der Waals surface area contributed by atoms with Crippen molar-refractivity contribution >= 4 is 28.5 Å². The van der Waals surface area contributed by atoms with Gasteiger partial charge in [-0.25, -0.2) is 9.79 Å². The molecule has 1 heterocycles. The normalized spacial score (nSPS) is 14.2. The summed E-state index contributed by atoms with van der Waals surface area (Å²) < 4.78 is 0. The van der Waals surface area contributed by atoms with Crippen molar-refractivity contribution in [2.24, 2.45) is 4.99 Å². The Morgan fingerprint density at radius 2 is 1.71 bits per heavy atom. The van der Waals surface area contributed by atoms with Gasteiger partial charge in [-0.05, 0) is 65.6 Å². The van der Waals surface area contributed by atoms with Gasteiger partial charge in [-0.2, -0.15) is 0 Å². The molecule has 1 aliphatic heterocycles. The molecule has 0 saturated carbocycles. The van der Waals surface area contributed by atoms with E-state index in [4.69, 9.17) is 10.1 Å². The molecular formula is C27H31NO2S. The van der Waals surface area contributed by atoms with E-state index < -0.39 is 5.97 Å². The van der Waals surface area contributed by atoms with Crippen LogP contribution in [0.1, 0.15) is 86.3 Å². The lowest BCUT2D eigenvalue weighted by Crippen LogP contribution is -2.24. The molecule has 0 atom stereocenters. The Bertz CT molecular complexity index is 1010. The number of benzene rings is 2. The van der Waals surface area contributed by atoms with Gasteiger partial charge in [0.1, 0.15) is 0 Å². The molecule has 2 aromatic carbocycles. The minimum absolute atomic E-state index is 0.0302. The van der Waals surface area contributed by atoms with Gasteiger partial charge < -0.3 is 5.11 Å². The van der Waals surface area contributed by atoms with Gasteiger partial charge in [-0.3, -0.25) is 0 Å².